The van der Waals surface area contributed by atoms with Gasteiger partial charge in [-0.1, -0.05) is 23.7 Å². The van der Waals surface area contributed by atoms with Gasteiger partial charge in [0.25, 0.3) is 0 Å². The van der Waals surface area contributed by atoms with Gasteiger partial charge < -0.3 is 5.73 Å². The lowest BCUT2D eigenvalue weighted by atomic mass is 10.1. The summed E-state index contributed by atoms with van der Waals surface area (Å²) in [6.45, 7) is 3.99. The Morgan fingerprint density at radius 3 is 2.67 bits per heavy atom. The van der Waals surface area contributed by atoms with E-state index >= 15 is 0 Å². The molecule has 0 heterocycles. The lowest BCUT2D eigenvalue weighted by Gasteiger charge is -2.06. The minimum atomic E-state index is 0.198. The third-order valence-electron chi connectivity index (χ3n) is 1.79. The van der Waals surface area contributed by atoms with Crippen LogP contribution >= 0.6 is 11.6 Å². The van der Waals surface area contributed by atoms with Crippen molar-refractivity contribution in [3.63, 3.8) is 0 Å². The topological polar surface area (TPSA) is 26.0 Å². The minimum absolute atomic E-state index is 0.198. The second kappa shape index (κ2) is 3.92. The fourth-order valence-corrected chi connectivity index (χ4v) is 1.34. The molecule has 1 aromatic carbocycles. The molecule has 0 radical (unpaired) electrons. The quantitative estimate of drug-likeness (QED) is 0.750. The maximum atomic E-state index is 5.96. The minimum Gasteiger partial charge on any atom is -0.328 e. The van der Waals surface area contributed by atoms with Gasteiger partial charge in [-0.05, 0) is 37.5 Å². The van der Waals surface area contributed by atoms with Crippen LogP contribution in [-0.2, 0) is 6.42 Å². The molecule has 1 nitrogen and oxygen atoms in total. The number of aryl methyl sites for hydroxylation is 1. The van der Waals surface area contributed by atoms with Gasteiger partial charge in [0.15, 0.2) is 0 Å². The van der Waals surface area contributed by atoms with Crippen molar-refractivity contribution in [2.75, 3.05) is 0 Å². The summed E-state index contributed by atoms with van der Waals surface area (Å²) in [5.41, 5.74) is 7.99. The van der Waals surface area contributed by atoms with E-state index in [1.807, 2.05) is 26.0 Å². The van der Waals surface area contributed by atoms with Crippen LogP contribution in [0.3, 0.4) is 0 Å². The van der Waals surface area contributed by atoms with Crippen LogP contribution in [0.4, 0.5) is 0 Å². The van der Waals surface area contributed by atoms with Gasteiger partial charge >= 0.3 is 0 Å². The number of halogens is 1. The first-order chi connectivity index (χ1) is 5.59. The molecule has 12 heavy (non-hydrogen) atoms. The zero-order valence-electron chi connectivity index (χ0n) is 7.47. The highest BCUT2D eigenvalue weighted by atomic mass is 35.5. The van der Waals surface area contributed by atoms with Gasteiger partial charge in [0.2, 0.25) is 0 Å². The Labute approximate surface area is 78.5 Å². The standard InChI is InChI=1S/C10H14ClN/c1-7-3-4-9(5-8(2)12)6-10(7)11/h3-4,6,8H,5,12H2,1-2H3/t8-/m0/s1. The molecule has 2 heteroatoms. The normalized spacial score (nSPS) is 13.0. The van der Waals surface area contributed by atoms with Crippen LogP contribution in [0.15, 0.2) is 18.2 Å². The summed E-state index contributed by atoms with van der Waals surface area (Å²) in [7, 11) is 0. The molecular formula is C10H14ClN. The first-order valence-electron chi connectivity index (χ1n) is 4.10. The smallest absolute Gasteiger partial charge is 0.0437 e. The first kappa shape index (κ1) is 9.56. The van der Waals surface area contributed by atoms with E-state index in [4.69, 9.17) is 17.3 Å². The van der Waals surface area contributed by atoms with Gasteiger partial charge in [0.1, 0.15) is 0 Å². The van der Waals surface area contributed by atoms with Gasteiger partial charge in [-0.2, -0.15) is 0 Å². The SMILES string of the molecule is Cc1ccc(C[C@H](C)N)cc1Cl. The first-order valence-corrected chi connectivity index (χ1v) is 4.48. The molecule has 0 aromatic heterocycles. The molecule has 0 aliphatic rings. The summed E-state index contributed by atoms with van der Waals surface area (Å²) in [6.07, 6.45) is 0.889. The lowest BCUT2D eigenvalue weighted by Crippen LogP contribution is -2.17. The highest BCUT2D eigenvalue weighted by Crippen LogP contribution is 2.17. The van der Waals surface area contributed by atoms with Crippen molar-refractivity contribution < 1.29 is 0 Å². The maximum Gasteiger partial charge on any atom is 0.0437 e. The molecule has 0 spiro atoms. The zero-order chi connectivity index (χ0) is 9.14. The predicted octanol–water partition coefficient (Wildman–Crippen LogP) is 2.54. The fourth-order valence-electron chi connectivity index (χ4n) is 1.14. The number of rotatable bonds is 2. The predicted molar refractivity (Wildman–Crippen MR) is 53.5 cm³/mol. The Morgan fingerprint density at radius 1 is 1.50 bits per heavy atom. The maximum absolute atomic E-state index is 5.96. The van der Waals surface area contributed by atoms with E-state index in [9.17, 15) is 0 Å². The molecule has 2 N–H and O–H groups in total. The molecule has 66 valence electrons. The van der Waals surface area contributed by atoms with E-state index in [2.05, 4.69) is 6.07 Å². The van der Waals surface area contributed by atoms with E-state index < -0.39 is 0 Å². The lowest BCUT2D eigenvalue weighted by molar-refractivity contribution is 0.738. The summed E-state index contributed by atoms with van der Waals surface area (Å²) < 4.78 is 0. The zero-order valence-corrected chi connectivity index (χ0v) is 8.23. The molecule has 0 fully saturated rings. The van der Waals surface area contributed by atoms with E-state index in [0.29, 0.717) is 0 Å². The van der Waals surface area contributed by atoms with Crippen molar-refractivity contribution in [3.05, 3.63) is 34.3 Å². The third kappa shape index (κ3) is 2.50. The Hall–Kier alpha value is -0.530. The van der Waals surface area contributed by atoms with E-state index in [1.165, 1.54) is 5.56 Å². The van der Waals surface area contributed by atoms with Gasteiger partial charge in [0.05, 0.1) is 0 Å². The van der Waals surface area contributed by atoms with Crippen molar-refractivity contribution in [2.24, 2.45) is 5.73 Å². The molecule has 0 saturated heterocycles. The molecule has 1 aromatic rings. The van der Waals surface area contributed by atoms with Crippen LogP contribution in [0.2, 0.25) is 5.02 Å². The summed E-state index contributed by atoms with van der Waals surface area (Å²) in [4.78, 5) is 0. The molecule has 0 saturated carbocycles. The number of hydrogen-bond donors (Lipinski definition) is 1. The van der Waals surface area contributed by atoms with E-state index in [1.54, 1.807) is 0 Å². The summed E-state index contributed by atoms with van der Waals surface area (Å²) in [5, 5.41) is 0.827. The molecular weight excluding hydrogens is 170 g/mol. The third-order valence-corrected chi connectivity index (χ3v) is 2.20. The fraction of sp³-hybridized carbons (Fsp3) is 0.400. The second-order valence-electron chi connectivity index (χ2n) is 3.26. The Bertz CT molecular complexity index is 269. The van der Waals surface area contributed by atoms with Crippen molar-refractivity contribution in [1.82, 2.24) is 0 Å². The van der Waals surface area contributed by atoms with Crippen LogP contribution in [0, 0.1) is 6.92 Å². The average molecular weight is 184 g/mol. The largest absolute Gasteiger partial charge is 0.328 e. The summed E-state index contributed by atoms with van der Waals surface area (Å²) in [5.74, 6) is 0. The second-order valence-corrected chi connectivity index (χ2v) is 3.67. The molecule has 0 amide bonds. The molecule has 0 aliphatic carbocycles. The molecule has 0 unspecified atom stereocenters. The van der Waals surface area contributed by atoms with Crippen LogP contribution in [-0.4, -0.2) is 6.04 Å². The van der Waals surface area contributed by atoms with E-state index in [-0.39, 0.29) is 6.04 Å². The Kier molecular flexibility index (Phi) is 3.12. The Balaban J connectivity index is 2.82. The number of nitrogens with two attached hydrogens (primary N) is 1. The number of benzene rings is 1. The number of hydrogen-bond acceptors (Lipinski definition) is 1. The van der Waals surface area contributed by atoms with Crippen LogP contribution in [0.1, 0.15) is 18.1 Å². The van der Waals surface area contributed by atoms with Crippen molar-refractivity contribution in [2.45, 2.75) is 26.3 Å². The van der Waals surface area contributed by atoms with Crippen LogP contribution in [0.5, 0.6) is 0 Å². The molecule has 0 bridgehead atoms. The van der Waals surface area contributed by atoms with Gasteiger partial charge in [-0.15, -0.1) is 0 Å². The van der Waals surface area contributed by atoms with Gasteiger partial charge in [-0.25, -0.2) is 0 Å². The highest BCUT2D eigenvalue weighted by molar-refractivity contribution is 6.31. The Morgan fingerprint density at radius 2 is 2.17 bits per heavy atom. The molecule has 0 aliphatic heterocycles. The van der Waals surface area contributed by atoms with Crippen molar-refractivity contribution >= 4 is 11.6 Å². The molecule has 1 rings (SSSR count). The average Bonchev–Trinajstić information content (AvgIpc) is 1.96. The van der Waals surface area contributed by atoms with E-state index in [0.717, 1.165) is 17.0 Å². The summed E-state index contributed by atoms with van der Waals surface area (Å²) in [6, 6.07) is 6.29. The van der Waals surface area contributed by atoms with Crippen molar-refractivity contribution in [1.29, 1.82) is 0 Å². The molecule has 1 atom stereocenters. The highest BCUT2D eigenvalue weighted by Gasteiger charge is 2.00. The van der Waals surface area contributed by atoms with Crippen LogP contribution < -0.4 is 5.73 Å². The van der Waals surface area contributed by atoms with Gasteiger partial charge in [0, 0.05) is 11.1 Å². The summed E-state index contributed by atoms with van der Waals surface area (Å²) >= 11 is 5.96. The van der Waals surface area contributed by atoms with Crippen molar-refractivity contribution in [3.8, 4) is 0 Å². The monoisotopic (exact) mass is 183 g/mol. The van der Waals surface area contributed by atoms with Gasteiger partial charge in [-0.3, -0.25) is 0 Å². The van der Waals surface area contributed by atoms with Crippen LogP contribution in [0.25, 0.3) is 0 Å².